The van der Waals surface area contributed by atoms with Crippen molar-refractivity contribution in [3.8, 4) is 0 Å². The lowest BCUT2D eigenvalue weighted by atomic mass is 10.0. The van der Waals surface area contributed by atoms with Crippen LogP contribution in [0.2, 0.25) is 0 Å². The molecule has 1 N–H and O–H groups in total. The fourth-order valence-corrected chi connectivity index (χ4v) is 2.31. The highest BCUT2D eigenvalue weighted by Crippen LogP contribution is 2.15. The summed E-state index contributed by atoms with van der Waals surface area (Å²) in [6, 6.07) is 6.93. The van der Waals surface area contributed by atoms with Crippen molar-refractivity contribution in [3.05, 3.63) is 54.2 Å². The molecule has 24 heavy (non-hydrogen) atoms. The molecule has 0 saturated carbocycles. The summed E-state index contributed by atoms with van der Waals surface area (Å²) in [6.45, 7) is 0.892. The summed E-state index contributed by atoms with van der Waals surface area (Å²) in [5.74, 6) is -2.39. The molecule has 0 spiro atoms. The third-order valence-electron chi connectivity index (χ3n) is 3.55. The molecule has 0 aromatic carbocycles. The molecule has 128 valence electrons. The minimum Gasteiger partial charge on any atom is -0.481 e. The third kappa shape index (κ3) is 4.92. The van der Waals surface area contributed by atoms with Gasteiger partial charge in [-0.25, -0.2) is 0 Å². The van der Waals surface area contributed by atoms with Gasteiger partial charge < -0.3 is 19.2 Å². The van der Waals surface area contributed by atoms with Crippen molar-refractivity contribution in [3.63, 3.8) is 0 Å². The Morgan fingerprint density at radius 2 is 2.21 bits per heavy atom. The van der Waals surface area contributed by atoms with Gasteiger partial charge in [0.2, 0.25) is 5.91 Å². The van der Waals surface area contributed by atoms with E-state index in [1.807, 2.05) is 6.07 Å². The van der Waals surface area contributed by atoms with Gasteiger partial charge in [0.05, 0.1) is 12.9 Å². The van der Waals surface area contributed by atoms with E-state index in [0.717, 1.165) is 5.56 Å². The topological polar surface area (TPSA) is 92.9 Å². The van der Waals surface area contributed by atoms with Crippen LogP contribution in [0.3, 0.4) is 0 Å². The summed E-state index contributed by atoms with van der Waals surface area (Å²) >= 11 is 0. The number of methoxy groups -OCH3 is 1. The van der Waals surface area contributed by atoms with E-state index in [1.54, 1.807) is 30.6 Å². The standard InChI is InChI=1S/C17H20N2O5/c1-23-9-7-19(12-13-4-2-6-18-11-13)16(20)15(17(21)22)10-14-5-3-8-24-14/h2-6,8,11,15H,7,9-10,12H2,1H3,(H,21,22). The number of aliphatic carboxylic acids is 1. The van der Waals surface area contributed by atoms with E-state index in [1.165, 1.54) is 18.3 Å². The molecule has 0 radical (unpaired) electrons. The second-order valence-corrected chi connectivity index (χ2v) is 5.29. The van der Waals surface area contributed by atoms with E-state index in [2.05, 4.69) is 4.98 Å². The third-order valence-corrected chi connectivity index (χ3v) is 3.55. The maximum absolute atomic E-state index is 12.7. The minimum absolute atomic E-state index is 0.0116. The molecule has 2 aromatic heterocycles. The fourth-order valence-electron chi connectivity index (χ4n) is 2.31. The van der Waals surface area contributed by atoms with Gasteiger partial charge in [-0.05, 0) is 23.8 Å². The van der Waals surface area contributed by atoms with E-state index in [0.29, 0.717) is 18.9 Å². The van der Waals surface area contributed by atoms with Crippen LogP contribution in [-0.4, -0.2) is 47.1 Å². The van der Waals surface area contributed by atoms with Crippen LogP contribution in [0.4, 0.5) is 0 Å². The number of carbonyl (C=O) groups excluding carboxylic acids is 1. The summed E-state index contributed by atoms with van der Waals surface area (Å²) in [5, 5.41) is 9.45. The lowest BCUT2D eigenvalue weighted by molar-refractivity contribution is -0.152. The highest BCUT2D eigenvalue weighted by molar-refractivity contribution is 5.97. The Balaban J connectivity index is 2.15. The summed E-state index contributed by atoms with van der Waals surface area (Å²) in [4.78, 5) is 29.8. The number of amides is 1. The van der Waals surface area contributed by atoms with Crippen LogP contribution < -0.4 is 0 Å². The molecule has 0 saturated heterocycles. The van der Waals surface area contributed by atoms with Crippen LogP contribution in [0.5, 0.6) is 0 Å². The summed E-state index contributed by atoms with van der Waals surface area (Å²) in [7, 11) is 1.53. The molecule has 2 aromatic rings. The number of ether oxygens (including phenoxy) is 1. The summed E-state index contributed by atoms with van der Waals surface area (Å²) < 4.78 is 10.2. The number of carbonyl (C=O) groups is 2. The Kier molecular flexibility index (Phi) is 6.51. The molecule has 0 fully saturated rings. The monoisotopic (exact) mass is 332 g/mol. The molecule has 1 amide bonds. The molecule has 1 atom stereocenters. The van der Waals surface area contributed by atoms with E-state index < -0.39 is 17.8 Å². The van der Waals surface area contributed by atoms with E-state index in [-0.39, 0.29) is 13.0 Å². The molecule has 7 heteroatoms. The highest BCUT2D eigenvalue weighted by atomic mass is 16.5. The first-order valence-corrected chi connectivity index (χ1v) is 7.53. The van der Waals surface area contributed by atoms with Gasteiger partial charge in [0.15, 0.2) is 0 Å². The zero-order valence-electron chi connectivity index (χ0n) is 13.4. The molecule has 1 unspecified atom stereocenters. The van der Waals surface area contributed by atoms with Gasteiger partial charge in [0, 0.05) is 39.0 Å². The summed E-state index contributed by atoms with van der Waals surface area (Å²) in [5.41, 5.74) is 0.823. The number of nitrogens with zero attached hydrogens (tertiary/aromatic N) is 2. The molecule has 2 rings (SSSR count). The van der Waals surface area contributed by atoms with Crippen LogP contribution in [0.25, 0.3) is 0 Å². The molecular formula is C17H20N2O5. The maximum Gasteiger partial charge on any atom is 0.316 e. The average Bonchev–Trinajstić information content (AvgIpc) is 3.09. The van der Waals surface area contributed by atoms with Crippen LogP contribution >= 0.6 is 0 Å². The first-order chi connectivity index (χ1) is 11.6. The average molecular weight is 332 g/mol. The predicted octanol–water partition coefficient (Wildman–Crippen LogP) is 1.59. The van der Waals surface area contributed by atoms with E-state index in [9.17, 15) is 14.7 Å². The number of rotatable bonds is 9. The molecule has 0 aliphatic heterocycles. The van der Waals surface area contributed by atoms with Gasteiger partial charge in [0.1, 0.15) is 11.7 Å². The molecular weight excluding hydrogens is 312 g/mol. The molecule has 2 heterocycles. The fraction of sp³-hybridized carbons (Fsp3) is 0.353. The second-order valence-electron chi connectivity index (χ2n) is 5.29. The first-order valence-electron chi connectivity index (χ1n) is 7.53. The number of furan rings is 1. The number of carboxylic acids is 1. The zero-order chi connectivity index (χ0) is 17.4. The lowest BCUT2D eigenvalue weighted by Gasteiger charge is -2.25. The van der Waals surface area contributed by atoms with Crippen LogP contribution in [0, 0.1) is 5.92 Å². The largest absolute Gasteiger partial charge is 0.481 e. The van der Waals surface area contributed by atoms with Gasteiger partial charge in [-0.2, -0.15) is 0 Å². The Hall–Kier alpha value is -2.67. The highest BCUT2D eigenvalue weighted by Gasteiger charge is 2.31. The van der Waals surface area contributed by atoms with Gasteiger partial charge in [-0.3, -0.25) is 14.6 Å². The van der Waals surface area contributed by atoms with Crippen LogP contribution in [-0.2, 0) is 27.3 Å². The van der Waals surface area contributed by atoms with Gasteiger partial charge in [0.25, 0.3) is 0 Å². The predicted molar refractivity (Wildman–Crippen MR) is 85.1 cm³/mol. The van der Waals surface area contributed by atoms with Crippen molar-refractivity contribution >= 4 is 11.9 Å². The van der Waals surface area contributed by atoms with Crippen molar-refractivity contribution in [2.24, 2.45) is 5.92 Å². The smallest absolute Gasteiger partial charge is 0.316 e. The molecule has 0 aliphatic rings. The maximum atomic E-state index is 12.7. The van der Waals surface area contributed by atoms with Crippen molar-refractivity contribution in [2.75, 3.05) is 20.3 Å². The number of hydrogen-bond acceptors (Lipinski definition) is 5. The Morgan fingerprint density at radius 3 is 2.79 bits per heavy atom. The molecule has 7 nitrogen and oxygen atoms in total. The van der Waals surface area contributed by atoms with Crippen molar-refractivity contribution in [2.45, 2.75) is 13.0 Å². The van der Waals surface area contributed by atoms with Crippen LogP contribution in [0.15, 0.2) is 47.3 Å². The number of pyridine rings is 1. The Labute approximate surface area is 139 Å². The van der Waals surface area contributed by atoms with Crippen molar-refractivity contribution in [1.29, 1.82) is 0 Å². The summed E-state index contributed by atoms with van der Waals surface area (Å²) in [6.07, 6.45) is 4.76. The van der Waals surface area contributed by atoms with Crippen molar-refractivity contribution < 1.29 is 23.8 Å². The van der Waals surface area contributed by atoms with E-state index in [4.69, 9.17) is 9.15 Å². The first kappa shape index (κ1) is 17.7. The normalized spacial score (nSPS) is 11.9. The Morgan fingerprint density at radius 1 is 1.38 bits per heavy atom. The molecule has 0 bridgehead atoms. The second kappa shape index (κ2) is 8.83. The number of hydrogen-bond donors (Lipinski definition) is 1. The van der Waals surface area contributed by atoms with E-state index >= 15 is 0 Å². The Bertz CT molecular complexity index is 642. The lowest BCUT2D eigenvalue weighted by Crippen LogP contribution is -2.41. The number of aromatic nitrogens is 1. The quantitative estimate of drug-likeness (QED) is 0.701. The van der Waals surface area contributed by atoms with Gasteiger partial charge in [-0.1, -0.05) is 6.07 Å². The minimum atomic E-state index is -1.20. The van der Waals surface area contributed by atoms with Crippen LogP contribution in [0.1, 0.15) is 11.3 Å². The number of carboxylic acid groups (broad SMARTS) is 1. The SMILES string of the molecule is COCCN(Cc1cccnc1)C(=O)C(Cc1ccco1)C(=O)O. The zero-order valence-corrected chi connectivity index (χ0v) is 13.4. The van der Waals surface area contributed by atoms with Gasteiger partial charge >= 0.3 is 5.97 Å². The molecule has 0 aliphatic carbocycles. The van der Waals surface area contributed by atoms with Gasteiger partial charge in [-0.15, -0.1) is 0 Å². The van der Waals surface area contributed by atoms with Crippen molar-refractivity contribution in [1.82, 2.24) is 9.88 Å².